The van der Waals surface area contributed by atoms with Crippen molar-refractivity contribution in [2.24, 2.45) is 0 Å². The SMILES string of the molecule is CCNC(c1sccc1Cl)c1ccnn1-c1ccccc1. The summed E-state index contributed by atoms with van der Waals surface area (Å²) in [4.78, 5) is 1.12. The van der Waals surface area contributed by atoms with Gasteiger partial charge in [-0.2, -0.15) is 5.10 Å². The third-order valence-electron chi connectivity index (χ3n) is 3.28. The molecule has 1 unspecified atom stereocenters. The van der Waals surface area contributed by atoms with Crippen molar-refractivity contribution in [3.63, 3.8) is 0 Å². The van der Waals surface area contributed by atoms with Gasteiger partial charge in [0.2, 0.25) is 0 Å². The van der Waals surface area contributed by atoms with E-state index in [1.54, 1.807) is 11.3 Å². The second-order valence-corrected chi connectivity index (χ2v) is 5.98. The molecule has 5 heteroatoms. The predicted octanol–water partition coefficient (Wildman–Crippen LogP) is 4.29. The van der Waals surface area contributed by atoms with Crippen molar-refractivity contribution in [1.82, 2.24) is 15.1 Å². The molecule has 3 rings (SSSR count). The summed E-state index contributed by atoms with van der Waals surface area (Å²) in [5, 5.41) is 10.8. The highest BCUT2D eigenvalue weighted by Gasteiger charge is 2.21. The van der Waals surface area contributed by atoms with Crippen molar-refractivity contribution in [2.75, 3.05) is 6.54 Å². The molecule has 0 fully saturated rings. The topological polar surface area (TPSA) is 29.9 Å². The zero-order valence-corrected chi connectivity index (χ0v) is 13.2. The first-order valence-electron chi connectivity index (χ1n) is 6.87. The van der Waals surface area contributed by atoms with Gasteiger partial charge in [-0.05, 0) is 36.2 Å². The van der Waals surface area contributed by atoms with Crippen LogP contribution >= 0.6 is 22.9 Å². The van der Waals surface area contributed by atoms with E-state index in [1.165, 1.54) is 0 Å². The minimum absolute atomic E-state index is 0.0465. The summed E-state index contributed by atoms with van der Waals surface area (Å²) in [7, 11) is 0. The normalized spacial score (nSPS) is 12.5. The quantitative estimate of drug-likeness (QED) is 0.761. The Hall–Kier alpha value is -1.62. The van der Waals surface area contributed by atoms with Crippen molar-refractivity contribution in [2.45, 2.75) is 13.0 Å². The Kier molecular flexibility index (Phi) is 4.39. The second kappa shape index (κ2) is 6.43. The highest BCUT2D eigenvalue weighted by atomic mass is 35.5. The molecule has 1 N–H and O–H groups in total. The number of aromatic nitrogens is 2. The summed E-state index contributed by atoms with van der Waals surface area (Å²) >= 11 is 7.99. The molecule has 0 saturated heterocycles. The molecule has 1 atom stereocenters. The Bertz CT molecular complexity index is 705. The summed E-state index contributed by atoms with van der Waals surface area (Å²) in [5.74, 6) is 0. The molecule has 108 valence electrons. The van der Waals surface area contributed by atoms with E-state index in [0.29, 0.717) is 0 Å². The van der Waals surface area contributed by atoms with Crippen LogP contribution in [0.4, 0.5) is 0 Å². The van der Waals surface area contributed by atoms with E-state index in [4.69, 9.17) is 11.6 Å². The number of nitrogens with one attached hydrogen (secondary N) is 1. The van der Waals surface area contributed by atoms with Crippen molar-refractivity contribution < 1.29 is 0 Å². The fraction of sp³-hybridized carbons (Fsp3) is 0.188. The fourth-order valence-electron chi connectivity index (χ4n) is 2.36. The molecule has 0 aliphatic carbocycles. The number of nitrogens with zero attached hydrogens (tertiary/aromatic N) is 2. The Morgan fingerprint density at radius 2 is 2.05 bits per heavy atom. The smallest absolute Gasteiger partial charge is 0.0861 e. The van der Waals surface area contributed by atoms with Gasteiger partial charge < -0.3 is 5.32 Å². The van der Waals surface area contributed by atoms with E-state index < -0.39 is 0 Å². The highest BCUT2D eigenvalue weighted by Crippen LogP contribution is 2.33. The van der Waals surface area contributed by atoms with E-state index in [9.17, 15) is 0 Å². The zero-order chi connectivity index (χ0) is 14.7. The van der Waals surface area contributed by atoms with Gasteiger partial charge in [0.15, 0.2) is 0 Å². The minimum Gasteiger partial charge on any atom is -0.305 e. The van der Waals surface area contributed by atoms with Crippen molar-refractivity contribution >= 4 is 22.9 Å². The lowest BCUT2D eigenvalue weighted by Gasteiger charge is -2.19. The van der Waals surface area contributed by atoms with Gasteiger partial charge in [0, 0.05) is 11.1 Å². The van der Waals surface area contributed by atoms with E-state index in [2.05, 4.69) is 29.5 Å². The number of halogens is 1. The number of thiophene rings is 1. The maximum absolute atomic E-state index is 6.33. The highest BCUT2D eigenvalue weighted by molar-refractivity contribution is 7.10. The van der Waals surface area contributed by atoms with Crippen LogP contribution in [-0.4, -0.2) is 16.3 Å². The summed E-state index contributed by atoms with van der Waals surface area (Å²) in [5.41, 5.74) is 2.14. The van der Waals surface area contributed by atoms with Crippen LogP contribution in [0.5, 0.6) is 0 Å². The molecule has 0 amide bonds. The Morgan fingerprint density at radius 3 is 2.71 bits per heavy atom. The molecule has 3 nitrogen and oxygen atoms in total. The largest absolute Gasteiger partial charge is 0.305 e. The lowest BCUT2D eigenvalue weighted by Crippen LogP contribution is -2.24. The third-order valence-corrected chi connectivity index (χ3v) is 4.71. The molecule has 2 heterocycles. The molecule has 2 aromatic heterocycles. The lowest BCUT2D eigenvalue weighted by atomic mass is 10.1. The van der Waals surface area contributed by atoms with Gasteiger partial charge in [-0.25, -0.2) is 4.68 Å². The number of hydrogen-bond acceptors (Lipinski definition) is 3. The second-order valence-electron chi connectivity index (χ2n) is 4.63. The van der Waals surface area contributed by atoms with Crippen LogP contribution in [0.2, 0.25) is 5.02 Å². The van der Waals surface area contributed by atoms with Gasteiger partial charge in [-0.1, -0.05) is 36.7 Å². The Labute approximate surface area is 133 Å². The van der Waals surface area contributed by atoms with Crippen LogP contribution in [0.25, 0.3) is 5.69 Å². The number of para-hydroxylation sites is 1. The summed E-state index contributed by atoms with van der Waals surface area (Å²) < 4.78 is 1.96. The van der Waals surface area contributed by atoms with E-state index in [1.807, 2.05) is 46.6 Å². The molecule has 0 saturated carbocycles. The third kappa shape index (κ3) is 2.88. The van der Waals surface area contributed by atoms with E-state index in [-0.39, 0.29) is 6.04 Å². The Morgan fingerprint density at radius 1 is 1.24 bits per heavy atom. The molecular weight excluding hydrogens is 302 g/mol. The average molecular weight is 318 g/mol. The first-order valence-corrected chi connectivity index (χ1v) is 8.12. The standard InChI is InChI=1S/C16H16ClN3S/c1-2-18-15(16-13(17)9-11-21-16)14-8-10-19-20(14)12-6-4-3-5-7-12/h3-11,15,18H,2H2,1H3. The number of rotatable bonds is 5. The van der Waals surface area contributed by atoms with Crippen LogP contribution in [0.1, 0.15) is 23.5 Å². The molecule has 0 spiro atoms. The summed E-state index contributed by atoms with van der Waals surface area (Å²) in [6, 6.07) is 14.2. The monoisotopic (exact) mass is 317 g/mol. The lowest BCUT2D eigenvalue weighted by molar-refractivity contribution is 0.601. The molecule has 0 radical (unpaired) electrons. The van der Waals surface area contributed by atoms with Crippen LogP contribution in [0.3, 0.4) is 0 Å². The maximum atomic E-state index is 6.33. The van der Waals surface area contributed by atoms with Crippen LogP contribution < -0.4 is 5.32 Å². The van der Waals surface area contributed by atoms with Crippen molar-refractivity contribution in [3.8, 4) is 5.69 Å². The maximum Gasteiger partial charge on any atom is 0.0861 e. The van der Waals surface area contributed by atoms with Crippen LogP contribution in [0.15, 0.2) is 54.0 Å². The summed E-state index contributed by atoms with van der Waals surface area (Å²) in [6.45, 7) is 2.95. The van der Waals surface area contributed by atoms with Crippen LogP contribution in [-0.2, 0) is 0 Å². The van der Waals surface area contributed by atoms with Gasteiger partial charge in [-0.15, -0.1) is 11.3 Å². The predicted molar refractivity (Wildman–Crippen MR) is 88.4 cm³/mol. The van der Waals surface area contributed by atoms with Gasteiger partial charge >= 0.3 is 0 Å². The number of benzene rings is 1. The van der Waals surface area contributed by atoms with Gasteiger partial charge in [0.25, 0.3) is 0 Å². The molecule has 0 aliphatic heterocycles. The first-order chi connectivity index (χ1) is 10.3. The molecule has 0 aliphatic rings. The molecule has 3 aromatic rings. The Balaban J connectivity index is 2.06. The fourth-order valence-corrected chi connectivity index (χ4v) is 3.62. The minimum atomic E-state index is 0.0465. The zero-order valence-electron chi connectivity index (χ0n) is 11.7. The van der Waals surface area contributed by atoms with Gasteiger partial charge in [-0.3, -0.25) is 0 Å². The molecule has 1 aromatic carbocycles. The first kappa shape index (κ1) is 14.3. The molecular formula is C16H16ClN3S. The molecule has 0 bridgehead atoms. The van der Waals surface area contributed by atoms with Gasteiger partial charge in [0.1, 0.15) is 0 Å². The molecule has 21 heavy (non-hydrogen) atoms. The van der Waals surface area contributed by atoms with Crippen molar-refractivity contribution in [3.05, 3.63) is 69.6 Å². The van der Waals surface area contributed by atoms with E-state index in [0.717, 1.165) is 27.8 Å². The number of hydrogen-bond donors (Lipinski definition) is 1. The van der Waals surface area contributed by atoms with Crippen molar-refractivity contribution in [1.29, 1.82) is 0 Å². The van der Waals surface area contributed by atoms with Crippen LogP contribution in [0, 0.1) is 0 Å². The average Bonchev–Trinajstić information content (AvgIpc) is 3.15. The van der Waals surface area contributed by atoms with E-state index >= 15 is 0 Å². The summed E-state index contributed by atoms with van der Waals surface area (Å²) in [6.07, 6.45) is 1.83. The van der Waals surface area contributed by atoms with Gasteiger partial charge in [0.05, 0.1) is 22.4 Å².